The molecule has 1 aromatic heterocycles. The van der Waals surface area contributed by atoms with E-state index >= 15 is 0 Å². The van der Waals surface area contributed by atoms with Crippen molar-refractivity contribution in [3.05, 3.63) is 125 Å². The number of fused-ring (bicyclic) bond motifs is 3. The number of para-hydroxylation sites is 1. The quantitative estimate of drug-likeness (QED) is 0.472. The summed E-state index contributed by atoms with van der Waals surface area (Å²) in [6.07, 6.45) is 2.08. The number of hydrogen-bond donors (Lipinski definition) is 1. The van der Waals surface area contributed by atoms with Gasteiger partial charge >= 0.3 is 6.03 Å². The Kier molecular flexibility index (Phi) is 5.04. The maximum atomic E-state index is 13.5. The van der Waals surface area contributed by atoms with Crippen molar-refractivity contribution in [2.45, 2.75) is 26.1 Å². The van der Waals surface area contributed by atoms with Crippen molar-refractivity contribution in [2.75, 3.05) is 0 Å². The summed E-state index contributed by atoms with van der Waals surface area (Å²) in [6.45, 7) is 3.12. The van der Waals surface area contributed by atoms with Gasteiger partial charge in [-0.05, 0) is 41.8 Å². The third-order valence-electron chi connectivity index (χ3n) is 5.90. The first-order valence-corrected chi connectivity index (χ1v) is 10.6. The molecule has 0 spiro atoms. The zero-order chi connectivity index (χ0) is 21.2. The molecule has 0 radical (unpaired) electrons. The van der Waals surface area contributed by atoms with Gasteiger partial charge in [-0.25, -0.2) is 4.79 Å². The lowest BCUT2D eigenvalue weighted by Crippen LogP contribution is -2.41. The van der Waals surface area contributed by atoms with Crippen molar-refractivity contribution >= 4 is 6.03 Å². The minimum atomic E-state index is -0.182. The van der Waals surface area contributed by atoms with Gasteiger partial charge < -0.3 is 14.8 Å². The normalized spacial score (nSPS) is 15.0. The summed E-state index contributed by atoms with van der Waals surface area (Å²) in [5.74, 6) is 0. The second kappa shape index (κ2) is 8.15. The van der Waals surface area contributed by atoms with E-state index in [1.165, 1.54) is 5.56 Å². The number of benzene rings is 3. The van der Waals surface area contributed by atoms with E-state index in [2.05, 4.69) is 77.6 Å². The van der Waals surface area contributed by atoms with E-state index in [4.69, 9.17) is 0 Å². The van der Waals surface area contributed by atoms with Crippen LogP contribution in [0.2, 0.25) is 0 Å². The van der Waals surface area contributed by atoms with Crippen molar-refractivity contribution in [1.29, 1.82) is 0 Å². The number of carbonyl (C=O) groups is 1. The van der Waals surface area contributed by atoms with Gasteiger partial charge in [-0.15, -0.1) is 0 Å². The number of aryl methyl sites for hydroxylation is 1. The minimum absolute atomic E-state index is 0.0705. The largest absolute Gasteiger partial charge is 0.334 e. The van der Waals surface area contributed by atoms with E-state index in [-0.39, 0.29) is 12.1 Å². The average molecular weight is 408 g/mol. The van der Waals surface area contributed by atoms with Crippen LogP contribution in [-0.4, -0.2) is 15.5 Å². The highest BCUT2D eigenvalue weighted by Crippen LogP contribution is 2.36. The maximum absolute atomic E-state index is 13.5. The highest BCUT2D eigenvalue weighted by Gasteiger charge is 2.32. The van der Waals surface area contributed by atoms with E-state index in [1.54, 1.807) is 0 Å². The average Bonchev–Trinajstić information content (AvgIpc) is 3.23. The van der Waals surface area contributed by atoms with Gasteiger partial charge in [0, 0.05) is 18.4 Å². The first kappa shape index (κ1) is 19.2. The molecule has 1 N–H and O–H groups in total. The maximum Gasteiger partial charge on any atom is 0.318 e. The molecule has 154 valence electrons. The molecule has 0 saturated heterocycles. The Morgan fingerprint density at radius 1 is 0.903 bits per heavy atom. The zero-order valence-corrected chi connectivity index (χ0v) is 17.5. The Hall–Kier alpha value is -3.79. The van der Waals surface area contributed by atoms with Gasteiger partial charge in [0.2, 0.25) is 0 Å². The van der Waals surface area contributed by atoms with Crippen LogP contribution in [0.25, 0.3) is 5.69 Å². The van der Waals surface area contributed by atoms with Crippen LogP contribution in [0.3, 0.4) is 0 Å². The second-order valence-electron chi connectivity index (χ2n) is 8.02. The van der Waals surface area contributed by atoms with Crippen LogP contribution in [0.1, 0.15) is 34.0 Å². The fourth-order valence-corrected chi connectivity index (χ4v) is 4.31. The molecule has 1 aliphatic heterocycles. The molecular weight excluding hydrogens is 382 g/mol. The number of nitrogens with one attached hydrogen (secondary N) is 1. The predicted octanol–water partition coefficient (Wildman–Crippen LogP) is 5.60. The number of hydrogen-bond acceptors (Lipinski definition) is 1. The summed E-state index contributed by atoms with van der Waals surface area (Å²) in [5, 5.41) is 3.14. The molecule has 4 nitrogen and oxygen atoms in total. The Morgan fingerprint density at radius 3 is 2.45 bits per heavy atom. The Morgan fingerprint density at radius 2 is 1.65 bits per heavy atom. The summed E-state index contributed by atoms with van der Waals surface area (Å²) < 4.78 is 2.21. The van der Waals surface area contributed by atoms with Gasteiger partial charge in [0.05, 0.1) is 18.3 Å². The molecule has 1 atom stereocenters. The Bertz CT molecular complexity index is 1190. The van der Waals surface area contributed by atoms with Gasteiger partial charge in [-0.2, -0.15) is 0 Å². The highest BCUT2D eigenvalue weighted by molar-refractivity contribution is 5.76. The number of amides is 2. The molecular formula is C27H25N3O. The molecule has 5 rings (SSSR count). The SMILES string of the molecule is Cc1ccc([C@H]2c3cccn3-c3ccccc3CN2C(=O)NCc2ccccc2)cc1. The topological polar surface area (TPSA) is 37.3 Å². The molecule has 31 heavy (non-hydrogen) atoms. The first-order valence-electron chi connectivity index (χ1n) is 10.6. The van der Waals surface area contributed by atoms with Crippen molar-refractivity contribution in [2.24, 2.45) is 0 Å². The lowest BCUT2D eigenvalue weighted by molar-refractivity contribution is 0.180. The van der Waals surface area contributed by atoms with Crippen LogP contribution >= 0.6 is 0 Å². The molecule has 0 saturated carbocycles. The van der Waals surface area contributed by atoms with E-state index in [9.17, 15) is 4.79 Å². The van der Waals surface area contributed by atoms with Gasteiger partial charge in [-0.3, -0.25) is 0 Å². The molecule has 4 aromatic rings. The smallest absolute Gasteiger partial charge is 0.318 e. The van der Waals surface area contributed by atoms with Gasteiger partial charge in [0.25, 0.3) is 0 Å². The highest BCUT2D eigenvalue weighted by atomic mass is 16.2. The van der Waals surface area contributed by atoms with Crippen LogP contribution < -0.4 is 5.32 Å². The summed E-state index contributed by atoms with van der Waals surface area (Å²) in [7, 11) is 0. The van der Waals surface area contributed by atoms with Gasteiger partial charge in [0.15, 0.2) is 0 Å². The molecule has 0 bridgehead atoms. The zero-order valence-electron chi connectivity index (χ0n) is 17.5. The summed E-state index contributed by atoms with van der Waals surface area (Å²) in [5.41, 5.74) is 6.73. The molecule has 2 amide bonds. The van der Waals surface area contributed by atoms with Crippen molar-refractivity contribution < 1.29 is 4.79 Å². The number of aromatic nitrogens is 1. The fraction of sp³-hybridized carbons (Fsp3) is 0.148. The monoisotopic (exact) mass is 407 g/mol. The molecule has 1 aliphatic rings. The minimum Gasteiger partial charge on any atom is -0.334 e. The summed E-state index contributed by atoms with van der Waals surface area (Å²) in [4.78, 5) is 15.5. The van der Waals surface area contributed by atoms with Crippen molar-refractivity contribution in [3.63, 3.8) is 0 Å². The van der Waals surface area contributed by atoms with Crippen LogP contribution in [0.5, 0.6) is 0 Å². The number of rotatable bonds is 3. The van der Waals surface area contributed by atoms with Crippen molar-refractivity contribution in [1.82, 2.24) is 14.8 Å². The first-order chi connectivity index (χ1) is 15.2. The van der Waals surface area contributed by atoms with Crippen LogP contribution in [0, 0.1) is 6.92 Å². The lowest BCUT2D eigenvalue weighted by Gasteiger charge is -2.31. The third-order valence-corrected chi connectivity index (χ3v) is 5.90. The molecule has 4 heteroatoms. The van der Waals surface area contributed by atoms with Gasteiger partial charge in [-0.1, -0.05) is 78.4 Å². The molecule has 3 aromatic carbocycles. The van der Waals surface area contributed by atoms with E-state index in [1.807, 2.05) is 41.3 Å². The van der Waals surface area contributed by atoms with Crippen LogP contribution in [0.15, 0.2) is 97.2 Å². The van der Waals surface area contributed by atoms with E-state index in [0.29, 0.717) is 13.1 Å². The van der Waals surface area contributed by atoms with E-state index in [0.717, 1.165) is 28.1 Å². The predicted molar refractivity (Wildman–Crippen MR) is 123 cm³/mol. The Labute approximate surface area is 182 Å². The number of nitrogens with zero attached hydrogens (tertiary/aromatic N) is 2. The van der Waals surface area contributed by atoms with Crippen LogP contribution in [0.4, 0.5) is 4.79 Å². The molecule has 0 aliphatic carbocycles. The van der Waals surface area contributed by atoms with E-state index < -0.39 is 0 Å². The number of carbonyl (C=O) groups excluding carboxylic acids is 1. The van der Waals surface area contributed by atoms with Gasteiger partial charge in [0.1, 0.15) is 0 Å². The summed E-state index contributed by atoms with van der Waals surface area (Å²) >= 11 is 0. The second-order valence-corrected chi connectivity index (χ2v) is 8.02. The molecule has 0 unspecified atom stereocenters. The lowest BCUT2D eigenvalue weighted by atomic mass is 10.0. The molecule has 2 heterocycles. The van der Waals surface area contributed by atoms with Crippen molar-refractivity contribution in [3.8, 4) is 5.69 Å². The van der Waals surface area contributed by atoms with Crippen LogP contribution in [-0.2, 0) is 13.1 Å². The standard InChI is InChI=1S/C27H25N3O/c1-20-13-15-22(16-14-20)26-25-12-7-17-29(25)24-11-6-5-10-23(24)19-30(26)27(31)28-18-21-8-3-2-4-9-21/h2-17,26H,18-19H2,1H3,(H,28,31)/t26-/m0/s1. The number of urea groups is 1. The third kappa shape index (κ3) is 3.73. The Balaban J connectivity index is 1.56. The molecule has 0 fully saturated rings. The summed E-state index contributed by atoms with van der Waals surface area (Å²) in [6, 6.07) is 30.7. The fourth-order valence-electron chi connectivity index (χ4n) is 4.31.